The van der Waals surface area contributed by atoms with Gasteiger partial charge in [-0.05, 0) is 63.2 Å². The molecule has 2 aromatic carbocycles. The number of benzene rings is 2. The van der Waals surface area contributed by atoms with E-state index in [0.717, 1.165) is 68.5 Å². The molecule has 2 amide bonds. The van der Waals surface area contributed by atoms with E-state index < -0.39 is 0 Å². The second-order valence-electron chi connectivity index (χ2n) is 8.76. The van der Waals surface area contributed by atoms with Crippen molar-refractivity contribution in [2.75, 3.05) is 56.0 Å². The number of aryl methyl sites for hydroxylation is 1. The molecule has 0 aromatic heterocycles. The van der Waals surface area contributed by atoms with Crippen molar-refractivity contribution in [2.24, 2.45) is 5.92 Å². The van der Waals surface area contributed by atoms with Crippen molar-refractivity contribution < 1.29 is 9.59 Å². The Kier molecular flexibility index (Phi) is 7.33. The van der Waals surface area contributed by atoms with Gasteiger partial charge < -0.3 is 15.1 Å². The quantitative estimate of drug-likeness (QED) is 0.749. The topological polar surface area (TPSA) is 55.9 Å². The van der Waals surface area contributed by atoms with E-state index in [1.165, 1.54) is 5.56 Å². The number of piperidine rings is 1. The predicted octanol–water partition coefficient (Wildman–Crippen LogP) is 3.65. The van der Waals surface area contributed by atoms with Crippen molar-refractivity contribution in [1.29, 1.82) is 0 Å². The first-order chi connectivity index (χ1) is 15.5. The molecule has 2 saturated heterocycles. The van der Waals surface area contributed by atoms with Gasteiger partial charge in [-0.25, -0.2) is 0 Å². The largest absolute Gasteiger partial charge is 0.368 e. The summed E-state index contributed by atoms with van der Waals surface area (Å²) in [5.41, 5.74) is 3.10. The molecule has 170 valence electrons. The highest BCUT2D eigenvalue weighted by atomic mass is 35.5. The third kappa shape index (κ3) is 5.81. The molecule has 0 radical (unpaired) electrons. The van der Waals surface area contributed by atoms with Crippen molar-refractivity contribution in [1.82, 2.24) is 9.80 Å². The first-order valence-corrected chi connectivity index (χ1v) is 11.7. The third-order valence-electron chi connectivity index (χ3n) is 6.40. The fourth-order valence-electron chi connectivity index (χ4n) is 4.49. The van der Waals surface area contributed by atoms with Gasteiger partial charge in [-0.1, -0.05) is 35.4 Å². The summed E-state index contributed by atoms with van der Waals surface area (Å²) in [6, 6.07) is 15.7. The van der Waals surface area contributed by atoms with E-state index in [1.54, 1.807) is 0 Å². The van der Waals surface area contributed by atoms with E-state index in [-0.39, 0.29) is 17.7 Å². The van der Waals surface area contributed by atoms with Crippen LogP contribution in [0.1, 0.15) is 18.4 Å². The van der Waals surface area contributed by atoms with Crippen molar-refractivity contribution in [3.05, 3.63) is 59.1 Å². The standard InChI is InChI=1S/C25H31ClN4O2/c1-19-5-7-22(8-6-19)27-24(31)18-28-11-9-20(10-12-28)25(32)30-15-13-29(14-16-30)23-4-2-3-21(26)17-23/h2-8,17,20H,9-16,18H2,1H3,(H,27,31). The van der Waals surface area contributed by atoms with Crippen LogP contribution in [0.4, 0.5) is 11.4 Å². The highest BCUT2D eigenvalue weighted by molar-refractivity contribution is 6.30. The molecule has 2 aromatic rings. The fourth-order valence-corrected chi connectivity index (χ4v) is 4.68. The van der Waals surface area contributed by atoms with Crippen LogP contribution in [0.5, 0.6) is 0 Å². The van der Waals surface area contributed by atoms with Crippen LogP contribution in [0.3, 0.4) is 0 Å². The molecule has 0 atom stereocenters. The summed E-state index contributed by atoms with van der Waals surface area (Å²) in [5.74, 6) is 0.319. The fraction of sp³-hybridized carbons (Fsp3) is 0.440. The zero-order chi connectivity index (χ0) is 22.5. The second-order valence-corrected chi connectivity index (χ2v) is 9.19. The smallest absolute Gasteiger partial charge is 0.238 e. The maximum atomic E-state index is 13.0. The Morgan fingerprint density at radius 1 is 0.969 bits per heavy atom. The molecule has 2 heterocycles. The van der Waals surface area contributed by atoms with E-state index in [4.69, 9.17) is 11.6 Å². The van der Waals surface area contributed by atoms with Gasteiger partial charge in [0.15, 0.2) is 0 Å². The highest BCUT2D eigenvalue weighted by Crippen LogP contribution is 2.24. The van der Waals surface area contributed by atoms with Gasteiger partial charge in [0.25, 0.3) is 0 Å². The highest BCUT2D eigenvalue weighted by Gasteiger charge is 2.31. The molecule has 2 fully saturated rings. The number of carbonyl (C=O) groups is 2. The SMILES string of the molecule is Cc1ccc(NC(=O)CN2CCC(C(=O)N3CCN(c4cccc(Cl)c4)CC3)CC2)cc1. The lowest BCUT2D eigenvalue weighted by Crippen LogP contribution is -2.52. The summed E-state index contributed by atoms with van der Waals surface area (Å²) < 4.78 is 0. The average Bonchev–Trinajstić information content (AvgIpc) is 2.81. The Labute approximate surface area is 195 Å². The normalized spacial score (nSPS) is 17.9. The number of nitrogens with one attached hydrogen (secondary N) is 1. The van der Waals surface area contributed by atoms with Crippen molar-refractivity contribution in [3.8, 4) is 0 Å². The molecule has 0 aliphatic carbocycles. The Bertz CT molecular complexity index is 933. The minimum atomic E-state index is -0.00392. The maximum absolute atomic E-state index is 13.0. The minimum absolute atomic E-state index is 0.00392. The molecular formula is C25H31ClN4O2. The first kappa shape index (κ1) is 22.6. The summed E-state index contributed by atoms with van der Waals surface area (Å²) in [6.45, 7) is 7.08. The molecule has 4 rings (SSSR count). The zero-order valence-corrected chi connectivity index (χ0v) is 19.4. The number of carbonyl (C=O) groups excluding carboxylic acids is 2. The molecule has 2 aliphatic rings. The summed E-state index contributed by atoms with van der Waals surface area (Å²) in [6.07, 6.45) is 1.62. The van der Waals surface area contributed by atoms with E-state index >= 15 is 0 Å². The van der Waals surface area contributed by atoms with Gasteiger partial charge in [0.2, 0.25) is 11.8 Å². The van der Waals surface area contributed by atoms with E-state index in [1.807, 2.05) is 54.3 Å². The Morgan fingerprint density at radius 2 is 1.66 bits per heavy atom. The number of anilines is 2. The van der Waals surface area contributed by atoms with Crippen LogP contribution in [-0.2, 0) is 9.59 Å². The van der Waals surface area contributed by atoms with Gasteiger partial charge in [0, 0.05) is 48.5 Å². The van der Waals surface area contributed by atoms with Crippen LogP contribution in [-0.4, -0.2) is 67.4 Å². The summed E-state index contributed by atoms with van der Waals surface area (Å²) >= 11 is 6.11. The van der Waals surface area contributed by atoms with E-state index in [0.29, 0.717) is 6.54 Å². The van der Waals surface area contributed by atoms with Gasteiger partial charge >= 0.3 is 0 Å². The van der Waals surface area contributed by atoms with Gasteiger partial charge in [-0.2, -0.15) is 0 Å². The molecule has 1 N–H and O–H groups in total. The molecule has 0 spiro atoms. The van der Waals surface area contributed by atoms with Crippen molar-refractivity contribution in [3.63, 3.8) is 0 Å². The van der Waals surface area contributed by atoms with Gasteiger partial charge in [-0.15, -0.1) is 0 Å². The molecule has 0 saturated carbocycles. The van der Waals surface area contributed by atoms with Crippen LogP contribution in [0.25, 0.3) is 0 Å². The molecule has 32 heavy (non-hydrogen) atoms. The molecule has 6 nitrogen and oxygen atoms in total. The Balaban J connectivity index is 1.20. The van der Waals surface area contributed by atoms with Crippen LogP contribution in [0.15, 0.2) is 48.5 Å². The number of halogens is 1. The monoisotopic (exact) mass is 454 g/mol. The van der Waals surface area contributed by atoms with Crippen molar-refractivity contribution >= 4 is 34.8 Å². The number of nitrogens with zero attached hydrogens (tertiary/aromatic N) is 3. The number of rotatable bonds is 5. The number of piperazine rings is 1. The lowest BCUT2D eigenvalue weighted by molar-refractivity contribution is -0.137. The first-order valence-electron chi connectivity index (χ1n) is 11.4. The molecule has 7 heteroatoms. The van der Waals surface area contributed by atoms with E-state index in [9.17, 15) is 9.59 Å². The third-order valence-corrected chi connectivity index (χ3v) is 6.64. The summed E-state index contributed by atoms with van der Waals surface area (Å²) in [7, 11) is 0. The summed E-state index contributed by atoms with van der Waals surface area (Å²) in [4.78, 5) is 31.8. The lowest BCUT2D eigenvalue weighted by atomic mass is 9.95. The average molecular weight is 455 g/mol. The van der Waals surface area contributed by atoms with Crippen LogP contribution >= 0.6 is 11.6 Å². The summed E-state index contributed by atoms with van der Waals surface area (Å²) in [5, 5.41) is 3.69. The van der Waals surface area contributed by atoms with Crippen molar-refractivity contribution in [2.45, 2.75) is 19.8 Å². The number of hydrogen-bond acceptors (Lipinski definition) is 4. The van der Waals surface area contributed by atoms with Gasteiger partial charge in [0.05, 0.1) is 6.54 Å². The van der Waals surface area contributed by atoms with Gasteiger partial charge in [-0.3, -0.25) is 14.5 Å². The molecule has 0 unspecified atom stereocenters. The number of likely N-dealkylation sites (tertiary alicyclic amines) is 1. The number of amides is 2. The minimum Gasteiger partial charge on any atom is -0.368 e. The Hall–Kier alpha value is -2.57. The van der Waals surface area contributed by atoms with Crippen LogP contribution in [0.2, 0.25) is 5.02 Å². The zero-order valence-electron chi connectivity index (χ0n) is 18.6. The molecular weight excluding hydrogens is 424 g/mol. The van der Waals surface area contributed by atoms with Gasteiger partial charge in [0.1, 0.15) is 0 Å². The molecule has 2 aliphatic heterocycles. The van der Waals surface area contributed by atoms with Crippen LogP contribution < -0.4 is 10.2 Å². The van der Waals surface area contributed by atoms with Crippen LogP contribution in [0, 0.1) is 12.8 Å². The molecule has 0 bridgehead atoms. The second kappa shape index (κ2) is 10.4. The maximum Gasteiger partial charge on any atom is 0.238 e. The lowest BCUT2D eigenvalue weighted by Gasteiger charge is -2.39. The van der Waals surface area contributed by atoms with E-state index in [2.05, 4.69) is 21.2 Å². The Morgan fingerprint density at radius 3 is 2.31 bits per heavy atom. The number of hydrogen-bond donors (Lipinski definition) is 1. The predicted molar refractivity (Wildman–Crippen MR) is 129 cm³/mol.